The van der Waals surface area contributed by atoms with Crippen LogP contribution >= 0.6 is 11.3 Å². The van der Waals surface area contributed by atoms with Gasteiger partial charge in [-0.25, -0.2) is 0 Å². The summed E-state index contributed by atoms with van der Waals surface area (Å²) in [6, 6.07) is 15.7. The molecule has 0 aliphatic rings. The molecule has 0 spiro atoms. The SMILES string of the molecule is Nc1ccc(C=Cc2sc3ccccc3[n+]2CCC(=O)O)cc1. The zero-order chi connectivity index (χ0) is 16.2. The summed E-state index contributed by atoms with van der Waals surface area (Å²) >= 11 is 1.66. The van der Waals surface area contributed by atoms with Crippen LogP contribution in [0.1, 0.15) is 17.0 Å². The number of para-hydroxylation sites is 1. The van der Waals surface area contributed by atoms with E-state index in [-0.39, 0.29) is 6.42 Å². The molecule has 1 heterocycles. The Morgan fingerprint density at radius 3 is 2.61 bits per heavy atom. The first-order chi connectivity index (χ1) is 11.1. The molecule has 3 aromatic rings. The molecule has 0 unspecified atom stereocenters. The highest BCUT2D eigenvalue weighted by Crippen LogP contribution is 2.22. The molecule has 116 valence electrons. The molecule has 0 bridgehead atoms. The Morgan fingerprint density at radius 1 is 1.13 bits per heavy atom. The number of thiazole rings is 1. The lowest BCUT2D eigenvalue weighted by Crippen LogP contribution is -2.36. The van der Waals surface area contributed by atoms with Crippen LogP contribution in [0.3, 0.4) is 0 Å². The Balaban J connectivity index is 1.96. The van der Waals surface area contributed by atoms with E-state index < -0.39 is 5.97 Å². The molecule has 0 aliphatic carbocycles. The van der Waals surface area contributed by atoms with Gasteiger partial charge in [0.2, 0.25) is 5.52 Å². The molecular weight excluding hydrogens is 308 g/mol. The van der Waals surface area contributed by atoms with E-state index >= 15 is 0 Å². The lowest BCUT2D eigenvalue weighted by Gasteiger charge is -1.96. The highest BCUT2D eigenvalue weighted by atomic mass is 32.1. The van der Waals surface area contributed by atoms with Gasteiger partial charge in [-0.1, -0.05) is 35.6 Å². The number of carboxylic acids is 1. The normalized spacial score (nSPS) is 11.3. The number of carbonyl (C=O) groups is 1. The van der Waals surface area contributed by atoms with Crippen molar-refractivity contribution in [3.63, 3.8) is 0 Å². The summed E-state index contributed by atoms with van der Waals surface area (Å²) in [7, 11) is 0. The number of aromatic nitrogens is 1. The van der Waals surface area contributed by atoms with Crippen LogP contribution in [-0.4, -0.2) is 11.1 Å². The van der Waals surface area contributed by atoms with Gasteiger partial charge in [-0.15, -0.1) is 0 Å². The zero-order valence-electron chi connectivity index (χ0n) is 12.5. The van der Waals surface area contributed by atoms with E-state index in [9.17, 15) is 4.79 Å². The number of anilines is 1. The van der Waals surface area contributed by atoms with Crippen LogP contribution in [0.25, 0.3) is 22.4 Å². The van der Waals surface area contributed by atoms with E-state index in [1.807, 2.05) is 54.6 Å². The van der Waals surface area contributed by atoms with Crippen molar-refractivity contribution in [3.8, 4) is 0 Å². The molecule has 1 aromatic heterocycles. The number of nitrogens with zero attached hydrogens (tertiary/aromatic N) is 1. The molecule has 0 aliphatic heterocycles. The smallest absolute Gasteiger partial charge is 0.309 e. The van der Waals surface area contributed by atoms with Crippen LogP contribution in [0, 0.1) is 0 Å². The number of aliphatic carboxylic acids is 1. The summed E-state index contributed by atoms with van der Waals surface area (Å²) in [5, 5.41) is 10.0. The Hall–Kier alpha value is -2.66. The number of benzene rings is 2. The summed E-state index contributed by atoms with van der Waals surface area (Å²) in [6.07, 6.45) is 4.15. The molecule has 0 saturated heterocycles. The van der Waals surface area contributed by atoms with Crippen LogP contribution < -0.4 is 10.3 Å². The van der Waals surface area contributed by atoms with Gasteiger partial charge in [-0.05, 0) is 29.8 Å². The molecule has 0 atom stereocenters. The van der Waals surface area contributed by atoms with Crippen LogP contribution in [-0.2, 0) is 11.3 Å². The highest BCUT2D eigenvalue weighted by Gasteiger charge is 2.18. The first-order valence-electron chi connectivity index (χ1n) is 7.30. The second kappa shape index (κ2) is 6.62. The van der Waals surface area contributed by atoms with Gasteiger partial charge in [-0.2, -0.15) is 4.57 Å². The van der Waals surface area contributed by atoms with Crippen molar-refractivity contribution in [2.45, 2.75) is 13.0 Å². The van der Waals surface area contributed by atoms with Crippen LogP contribution in [0.2, 0.25) is 0 Å². The molecule has 0 radical (unpaired) electrons. The number of carboxylic acid groups (broad SMARTS) is 1. The van der Waals surface area contributed by atoms with Gasteiger partial charge >= 0.3 is 5.97 Å². The lowest BCUT2D eigenvalue weighted by molar-refractivity contribution is -0.667. The number of aryl methyl sites for hydroxylation is 1. The number of rotatable bonds is 5. The third-order valence-electron chi connectivity index (χ3n) is 3.54. The van der Waals surface area contributed by atoms with Gasteiger partial charge < -0.3 is 10.8 Å². The third-order valence-corrected chi connectivity index (χ3v) is 4.67. The summed E-state index contributed by atoms with van der Waals surface area (Å²) in [4.78, 5) is 10.9. The summed E-state index contributed by atoms with van der Waals surface area (Å²) in [5.41, 5.74) is 8.55. The van der Waals surface area contributed by atoms with E-state index in [0.717, 1.165) is 26.5 Å². The maximum absolute atomic E-state index is 10.9. The minimum atomic E-state index is -0.791. The highest BCUT2D eigenvalue weighted by molar-refractivity contribution is 7.18. The second-order valence-electron chi connectivity index (χ2n) is 5.20. The molecular formula is C18H17N2O2S+. The predicted molar refractivity (Wildman–Crippen MR) is 94.1 cm³/mol. The molecule has 23 heavy (non-hydrogen) atoms. The molecule has 0 fully saturated rings. The molecule has 0 saturated carbocycles. The lowest BCUT2D eigenvalue weighted by atomic mass is 10.2. The summed E-state index contributed by atoms with van der Waals surface area (Å²) in [5.74, 6) is -0.791. The standard InChI is InChI=1S/C18H16N2O2S/c19-14-8-5-13(6-9-14)7-10-17-20(12-11-18(21)22)15-3-1-2-4-16(15)23-17/h1-10,19H,11-12H2,(H,21,22)/p+1. The van der Waals surface area contributed by atoms with Gasteiger partial charge in [0.15, 0.2) is 6.54 Å². The minimum absolute atomic E-state index is 0.105. The molecule has 0 amide bonds. The van der Waals surface area contributed by atoms with Gasteiger partial charge in [0.05, 0.1) is 0 Å². The first kappa shape index (κ1) is 15.2. The van der Waals surface area contributed by atoms with Gasteiger partial charge in [-0.3, -0.25) is 4.79 Å². The Kier molecular flexibility index (Phi) is 4.39. The van der Waals surface area contributed by atoms with Crippen molar-refractivity contribution in [2.75, 3.05) is 5.73 Å². The number of fused-ring (bicyclic) bond motifs is 1. The molecule has 5 heteroatoms. The number of nitrogens with two attached hydrogens (primary N) is 1. The van der Waals surface area contributed by atoms with Crippen molar-refractivity contribution in [1.29, 1.82) is 0 Å². The van der Waals surface area contributed by atoms with E-state index in [4.69, 9.17) is 10.8 Å². The molecule has 3 rings (SSSR count). The number of hydrogen-bond donors (Lipinski definition) is 2. The second-order valence-corrected chi connectivity index (χ2v) is 6.27. The monoisotopic (exact) mass is 325 g/mol. The fourth-order valence-electron chi connectivity index (χ4n) is 2.39. The zero-order valence-corrected chi connectivity index (χ0v) is 13.3. The fraction of sp³-hybridized carbons (Fsp3) is 0.111. The third kappa shape index (κ3) is 3.57. The molecule has 2 aromatic carbocycles. The van der Waals surface area contributed by atoms with Crippen LogP contribution in [0.15, 0.2) is 48.5 Å². The Bertz CT molecular complexity index is 866. The van der Waals surface area contributed by atoms with E-state index in [2.05, 4.69) is 10.6 Å². The molecule has 4 nitrogen and oxygen atoms in total. The largest absolute Gasteiger partial charge is 0.481 e. The van der Waals surface area contributed by atoms with E-state index in [0.29, 0.717) is 6.54 Å². The average molecular weight is 325 g/mol. The van der Waals surface area contributed by atoms with Crippen LogP contribution in [0.5, 0.6) is 0 Å². The topological polar surface area (TPSA) is 67.2 Å². The summed E-state index contributed by atoms with van der Waals surface area (Å²) in [6.45, 7) is 0.459. The number of nitrogen functional groups attached to an aromatic ring is 1. The Morgan fingerprint density at radius 2 is 1.87 bits per heavy atom. The maximum Gasteiger partial charge on any atom is 0.309 e. The van der Waals surface area contributed by atoms with Crippen LogP contribution in [0.4, 0.5) is 5.69 Å². The number of hydrogen-bond acceptors (Lipinski definition) is 3. The summed E-state index contributed by atoms with van der Waals surface area (Å²) < 4.78 is 3.21. The Labute approximate surface area is 138 Å². The van der Waals surface area contributed by atoms with Gasteiger partial charge in [0.25, 0.3) is 5.01 Å². The van der Waals surface area contributed by atoms with E-state index in [1.54, 1.807) is 11.3 Å². The van der Waals surface area contributed by atoms with Crippen molar-refractivity contribution in [3.05, 3.63) is 59.1 Å². The van der Waals surface area contributed by atoms with Gasteiger partial charge in [0, 0.05) is 17.8 Å². The predicted octanol–water partition coefficient (Wildman–Crippen LogP) is 3.42. The van der Waals surface area contributed by atoms with Crippen molar-refractivity contribution in [2.24, 2.45) is 0 Å². The van der Waals surface area contributed by atoms with Gasteiger partial charge in [0.1, 0.15) is 11.1 Å². The minimum Gasteiger partial charge on any atom is -0.481 e. The average Bonchev–Trinajstić information content (AvgIpc) is 2.90. The van der Waals surface area contributed by atoms with Crippen molar-refractivity contribution in [1.82, 2.24) is 0 Å². The maximum atomic E-state index is 10.9. The fourth-order valence-corrected chi connectivity index (χ4v) is 3.48. The first-order valence-corrected chi connectivity index (χ1v) is 8.12. The van der Waals surface area contributed by atoms with Crippen molar-refractivity contribution >= 4 is 45.4 Å². The van der Waals surface area contributed by atoms with Crippen molar-refractivity contribution < 1.29 is 14.5 Å². The quantitative estimate of drug-likeness (QED) is 0.558. The van der Waals surface area contributed by atoms with E-state index in [1.165, 1.54) is 0 Å². The molecule has 3 N–H and O–H groups in total.